The highest BCUT2D eigenvalue weighted by molar-refractivity contribution is 8.00. The van der Waals surface area contributed by atoms with Crippen molar-refractivity contribution in [3.63, 3.8) is 0 Å². The Morgan fingerprint density at radius 3 is 2.62 bits per heavy atom. The van der Waals surface area contributed by atoms with E-state index in [1.165, 1.54) is 11.8 Å². The Labute approximate surface area is 323 Å². The number of nitrogens with one attached hydrogen (secondary N) is 2. The van der Waals surface area contributed by atoms with E-state index in [0.29, 0.717) is 30.7 Å². The van der Waals surface area contributed by atoms with Crippen LogP contribution in [0.25, 0.3) is 0 Å². The molecule has 16 nitrogen and oxygen atoms in total. The van der Waals surface area contributed by atoms with E-state index in [1.54, 1.807) is 51.5 Å². The number of aromatic nitrogens is 2. The Kier molecular flexibility index (Phi) is 11.1. The van der Waals surface area contributed by atoms with Gasteiger partial charge < -0.3 is 36.3 Å². The number of hydrogen-bond acceptors (Lipinski definition) is 12. The van der Waals surface area contributed by atoms with E-state index in [2.05, 4.69) is 20.8 Å². The number of carboxylic acid groups (broad SMARTS) is 1. The van der Waals surface area contributed by atoms with Crippen molar-refractivity contribution in [3.8, 4) is 5.75 Å². The fourth-order valence-electron chi connectivity index (χ4n) is 6.86. The number of phenolic OH excluding ortho intramolecular Hbond substituents is 1. The van der Waals surface area contributed by atoms with Gasteiger partial charge in [0.2, 0.25) is 12.5 Å². The predicted molar refractivity (Wildman–Crippen MR) is 201 cm³/mol. The number of aliphatic carboxylic acids is 1. The summed E-state index contributed by atoms with van der Waals surface area (Å²) >= 11 is 2.43. The number of carbonyl (C=O) groups is 5. The largest absolute Gasteiger partial charge is 0.508 e. The number of thiazole rings is 1. The second-order valence-corrected chi connectivity index (χ2v) is 15.5. The number of oxime groups is 1. The Bertz CT molecular complexity index is 2110. The van der Waals surface area contributed by atoms with Crippen LogP contribution in [-0.4, -0.2) is 90.1 Å². The molecule has 3 aromatic rings. The molecule has 0 radical (unpaired) electrons. The summed E-state index contributed by atoms with van der Waals surface area (Å²) in [5.41, 5.74) is 8.09. The topological polar surface area (TPSA) is 221 Å². The summed E-state index contributed by atoms with van der Waals surface area (Å²) in [6, 6.07) is 9.31. The number of rotatable bonds is 13. The Hall–Kier alpha value is -5.75. The molecule has 18 heteroatoms. The van der Waals surface area contributed by atoms with Crippen LogP contribution in [0, 0.1) is 0 Å². The highest BCUT2D eigenvalue weighted by atomic mass is 32.2. The van der Waals surface area contributed by atoms with E-state index in [0.717, 1.165) is 53.0 Å². The zero-order valence-electron chi connectivity index (χ0n) is 29.6. The molecule has 0 bridgehead atoms. The van der Waals surface area contributed by atoms with E-state index in [4.69, 9.17) is 10.6 Å². The highest BCUT2D eigenvalue weighted by Crippen LogP contribution is 2.41. The van der Waals surface area contributed by atoms with Gasteiger partial charge in [0.1, 0.15) is 34.7 Å². The van der Waals surface area contributed by atoms with E-state index in [1.807, 2.05) is 18.2 Å². The van der Waals surface area contributed by atoms with Crippen LogP contribution in [0.4, 0.5) is 5.13 Å². The molecule has 3 fully saturated rings. The lowest BCUT2D eigenvalue weighted by molar-refractivity contribution is -0.684. The number of β-lactam (4-membered cyclic amide) rings is 1. The number of carbonyl (C=O) groups excluding carboxylic acids is 4. The highest BCUT2D eigenvalue weighted by Gasteiger charge is 2.54. The van der Waals surface area contributed by atoms with E-state index < -0.39 is 29.2 Å². The minimum absolute atomic E-state index is 0.0912. The molecule has 1 aliphatic carbocycles. The summed E-state index contributed by atoms with van der Waals surface area (Å²) < 4.78 is 1.72. The van der Waals surface area contributed by atoms with Crippen LogP contribution in [0.1, 0.15) is 48.9 Å². The normalized spacial score (nSPS) is 20.8. The number of hydrogen-bond donors (Lipinski definition) is 5. The quantitative estimate of drug-likeness (QED) is 0.0553. The van der Waals surface area contributed by atoms with Gasteiger partial charge >= 0.3 is 5.97 Å². The lowest BCUT2D eigenvalue weighted by Gasteiger charge is -2.49. The summed E-state index contributed by atoms with van der Waals surface area (Å²) in [6.45, 7) is 1.12. The van der Waals surface area contributed by atoms with Gasteiger partial charge in [0.15, 0.2) is 23.2 Å². The first-order valence-corrected chi connectivity index (χ1v) is 19.7. The molecule has 2 saturated heterocycles. The van der Waals surface area contributed by atoms with Crippen molar-refractivity contribution in [1.82, 2.24) is 25.4 Å². The number of fused-ring (bicyclic) bond motifs is 1. The van der Waals surface area contributed by atoms with E-state index in [-0.39, 0.29) is 64.7 Å². The van der Waals surface area contributed by atoms with Crippen molar-refractivity contribution in [2.75, 3.05) is 18.0 Å². The Morgan fingerprint density at radius 2 is 1.91 bits per heavy atom. The lowest BCUT2D eigenvalue weighted by Crippen LogP contribution is -2.71. The SMILES string of the molecule is Nc1nc(/C(=N/OC2CCCC2)C(=O)N[C@@H]2C(=O)N3C(C(=O)O)=C(C=C4CCN(Cc5cc[n+](CC(=O)NCc6cccc(O)c6)cc5)C4=O)CS[C@H]23)cs1. The van der Waals surface area contributed by atoms with Crippen molar-refractivity contribution in [2.45, 2.75) is 69.3 Å². The minimum Gasteiger partial charge on any atom is -0.508 e. The number of thioether (sulfide) groups is 1. The number of phenols is 1. The first-order chi connectivity index (χ1) is 26.5. The first kappa shape index (κ1) is 37.6. The first-order valence-electron chi connectivity index (χ1n) is 17.7. The lowest BCUT2D eigenvalue weighted by atomic mass is 10.0. The van der Waals surface area contributed by atoms with Gasteiger partial charge in [-0.25, -0.2) is 9.78 Å². The number of pyridine rings is 1. The number of anilines is 1. The summed E-state index contributed by atoms with van der Waals surface area (Å²) in [7, 11) is 0. The number of allylic oxidation sites excluding steroid dienone is 1. The standard InChI is InChI=1S/C37H38N8O8S2/c38-37-40-27(20-55-37)29(42-53-26-6-1-2-7-26)32(48)41-30-34(50)45-31(36(51)52)24(19-54-35(30)45)15-23-10-13-44(33(23)49)17-21-8-11-43(12-9-21)18-28(47)39-16-22-4-3-5-25(46)14-22/h3-5,8-9,11-12,14-15,20,26,30,35H,1-2,6-7,10,13,16-19H2,(H5-,38,39,40,41,46,47,48,51,52)/p+1/b23-15?,42-29-/t30-,35-/m1/s1. The molecular weight excluding hydrogens is 749 g/mol. The van der Waals surface area contributed by atoms with Crippen molar-refractivity contribution < 1.29 is 43.6 Å². The number of benzene rings is 1. The van der Waals surface area contributed by atoms with Gasteiger partial charge in [-0.1, -0.05) is 17.3 Å². The minimum atomic E-state index is -1.31. The van der Waals surface area contributed by atoms with Crippen LogP contribution in [-0.2, 0) is 48.4 Å². The number of nitrogens with zero attached hydrogens (tertiary/aromatic N) is 5. The van der Waals surface area contributed by atoms with Crippen LogP contribution in [0.2, 0.25) is 0 Å². The molecule has 55 heavy (non-hydrogen) atoms. The zero-order chi connectivity index (χ0) is 38.6. The second kappa shape index (κ2) is 16.3. The van der Waals surface area contributed by atoms with Gasteiger partial charge in [0.05, 0.1) is 0 Å². The van der Waals surface area contributed by atoms with Gasteiger partial charge in [-0.05, 0) is 67.0 Å². The van der Waals surface area contributed by atoms with Gasteiger partial charge in [-0.2, -0.15) is 4.57 Å². The monoisotopic (exact) mass is 787 g/mol. The Morgan fingerprint density at radius 1 is 1.13 bits per heavy atom. The fourth-order valence-corrected chi connectivity index (χ4v) is 8.71. The Balaban J connectivity index is 0.965. The molecule has 3 aliphatic heterocycles. The summed E-state index contributed by atoms with van der Waals surface area (Å²) in [4.78, 5) is 77.9. The zero-order valence-corrected chi connectivity index (χ0v) is 31.2. The maximum Gasteiger partial charge on any atom is 0.352 e. The molecular formula is C37H39N8O8S2+. The van der Waals surface area contributed by atoms with Crippen LogP contribution in [0.15, 0.2) is 82.2 Å². The van der Waals surface area contributed by atoms with Crippen molar-refractivity contribution in [3.05, 3.63) is 93.9 Å². The average Bonchev–Trinajstić information content (AvgIpc) is 3.93. The number of nitrogen functional groups attached to an aromatic ring is 1. The number of amides is 4. The summed E-state index contributed by atoms with van der Waals surface area (Å²) in [5.74, 6) is -2.70. The molecule has 4 aliphatic rings. The number of nitrogens with two attached hydrogens (primary N) is 1. The van der Waals surface area contributed by atoms with E-state index >= 15 is 0 Å². The summed E-state index contributed by atoms with van der Waals surface area (Å²) in [6.07, 6.45) is 9.01. The van der Waals surface area contributed by atoms with Crippen LogP contribution < -0.4 is 20.9 Å². The smallest absolute Gasteiger partial charge is 0.352 e. The molecule has 286 valence electrons. The predicted octanol–water partition coefficient (Wildman–Crippen LogP) is 1.80. The number of carboxylic acids is 1. The third-order valence-corrected chi connectivity index (χ3v) is 11.7. The van der Waals surface area contributed by atoms with Crippen LogP contribution >= 0.6 is 23.1 Å². The van der Waals surface area contributed by atoms with Crippen molar-refractivity contribution in [1.29, 1.82) is 0 Å². The number of aromatic hydroxyl groups is 1. The molecule has 7 rings (SSSR count). The van der Waals surface area contributed by atoms with E-state index in [9.17, 15) is 34.2 Å². The van der Waals surface area contributed by atoms with Crippen molar-refractivity contribution >= 4 is 63.5 Å². The third kappa shape index (κ3) is 8.49. The molecule has 5 heterocycles. The van der Waals surface area contributed by atoms with Gasteiger partial charge in [0.25, 0.3) is 17.7 Å². The molecule has 0 unspecified atom stereocenters. The molecule has 1 aromatic carbocycles. The van der Waals surface area contributed by atoms with Crippen LogP contribution in [0.3, 0.4) is 0 Å². The maximum atomic E-state index is 13.4. The molecule has 0 spiro atoms. The molecule has 2 atom stereocenters. The van der Waals surface area contributed by atoms with Gasteiger partial charge in [-0.15, -0.1) is 23.1 Å². The van der Waals surface area contributed by atoms with Gasteiger partial charge in [0, 0.05) is 48.5 Å². The summed E-state index contributed by atoms with van der Waals surface area (Å²) in [5, 5.41) is 30.6. The average molecular weight is 788 g/mol. The third-order valence-electron chi connectivity index (χ3n) is 9.68. The second-order valence-electron chi connectivity index (χ2n) is 13.5. The maximum absolute atomic E-state index is 13.4. The molecule has 2 aromatic heterocycles. The number of likely N-dealkylation sites (tertiary alicyclic amines) is 1. The molecule has 6 N–H and O–H groups in total. The van der Waals surface area contributed by atoms with Gasteiger partial charge in [-0.3, -0.25) is 24.1 Å². The fraction of sp³-hybridized carbons (Fsp3) is 0.351. The van der Waals surface area contributed by atoms with Crippen LogP contribution in [0.5, 0.6) is 5.75 Å². The van der Waals surface area contributed by atoms with Crippen molar-refractivity contribution in [2.24, 2.45) is 5.16 Å². The molecule has 1 saturated carbocycles. The molecule has 4 amide bonds.